The van der Waals surface area contributed by atoms with Crippen molar-refractivity contribution in [3.8, 4) is 0 Å². The Labute approximate surface area is 285 Å². The minimum atomic E-state index is -0.548. The Bertz CT molecular complexity index is 764. The molecular formula is C42H74O4. The molecule has 0 spiro atoms. The molecular weight excluding hydrogens is 568 g/mol. The Morgan fingerprint density at radius 2 is 0.935 bits per heavy atom. The van der Waals surface area contributed by atoms with Gasteiger partial charge in [0.25, 0.3) is 0 Å². The van der Waals surface area contributed by atoms with E-state index in [1.807, 2.05) is 0 Å². The highest BCUT2D eigenvalue weighted by atomic mass is 16.6. The van der Waals surface area contributed by atoms with Crippen molar-refractivity contribution in [3.05, 3.63) is 60.8 Å². The molecule has 266 valence electrons. The second-order valence-electron chi connectivity index (χ2n) is 12.6. The van der Waals surface area contributed by atoms with Crippen LogP contribution in [0.25, 0.3) is 0 Å². The van der Waals surface area contributed by atoms with E-state index in [1.54, 1.807) is 0 Å². The van der Waals surface area contributed by atoms with Gasteiger partial charge in [-0.1, -0.05) is 152 Å². The summed E-state index contributed by atoms with van der Waals surface area (Å²) in [5, 5.41) is 9.57. The third kappa shape index (κ3) is 36.6. The molecule has 0 aliphatic heterocycles. The third-order valence-electron chi connectivity index (χ3n) is 8.07. The molecule has 0 bridgehead atoms. The van der Waals surface area contributed by atoms with Gasteiger partial charge in [-0.3, -0.25) is 4.79 Å². The number of allylic oxidation sites excluding steroid dienone is 10. The van der Waals surface area contributed by atoms with Crippen molar-refractivity contribution < 1.29 is 19.4 Å². The highest BCUT2D eigenvalue weighted by Crippen LogP contribution is 2.11. The van der Waals surface area contributed by atoms with Crippen LogP contribution in [-0.4, -0.2) is 37.0 Å². The number of esters is 1. The number of hydrogen-bond acceptors (Lipinski definition) is 4. The summed E-state index contributed by atoms with van der Waals surface area (Å²) in [6.07, 6.45) is 51.2. The molecule has 1 N–H and O–H groups in total. The van der Waals surface area contributed by atoms with Crippen LogP contribution in [-0.2, 0) is 14.3 Å². The molecule has 0 saturated carbocycles. The smallest absolute Gasteiger partial charge is 0.306 e. The van der Waals surface area contributed by atoms with Crippen LogP contribution in [0.3, 0.4) is 0 Å². The molecule has 4 nitrogen and oxygen atoms in total. The van der Waals surface area contributed by atoms with E-state index in [2.05, 4.69) is 74.6 Å². The van der Waals surface area contributed by atoms with E-state index in [1.165, 1.54) is 96.3 Å². The summed E-state index contributed by atoms with van der Waals surface area (Å²) < 4.78 is 11.1. The largest absolute Gasteiger partial charge is 0.457 e. The van der Waals surface area contributed by atoms with Crippen molar-refractivity contribution in [1.29, 1.82) is 0 Å². The third-order valence-corrected chi connectivity index (χ3v) is 8.07. The summed E-state index contributed by atoms with van der Waals surface area (Å²) in [6, 6.07) is 0. The fraction of sp³-hybridized carbons (Fsp3) is 0.738. The number of hydrogen-bond donors (Lipinski definition) is 1. The van der Waals surface area contributed by atoms with Gasteiger partial charge in [0.15, 0.2) is 0 Å². The van der Waals surface area contributed by atoms with E-state index in [4.69, 9.17) is 9.47 Å². The van der Waals surface area contributed by atoms with E-state index < -0.39 is 6.10 Å². The number of carbonyl (C=O) groups is 1. The predicted molar refractivity (Wildman–Crippen MR) is 200 cm³/mol. The van der Waals surface area contributed by atoms with Crippen LogP contribution < -0.4 is 0 Å². The van der Waals surface area contributed by atoms with Gasteiger partial charge >= 0.3 is 5.97 Å². The van der Waals surface area contributed by atoms with Crippen molar-refractivity contribution >= 4 is 5.97 Å². The molecule has 4 heteroatoms. The number of unbranched alkanes of at least 4 members (excludes halogenated alkanes) is 17. The van der Waals surface area contributed by atoms with Gasteiger partial charge in [-0.05, 0) is 77.0 Å². The number of carbonyl (C=O) groups excluding carboxylic acids is 1. The zero-order valence-corrected chi connectivity index (χ0v) is 30.3. The summed E-state index contributed by atoms with van der Waals surface area (Å²) in [4.78, 5) is 12.1. The van der Waals surface area contributed by atoms with Gasteiger partial charge in [-0.15, -0.1) is 0 Å². The van der Waals surface area contributed by atoms with Crippen LogP contribution in [0.15, 0.2) is 60.8 Å². The molecule has 46 heavy (non-hydrogen) atoms. The summed E-state index contributed by atoms with van der Waals surface area (Å²) in [5.74, 6) is -0.221. The highest BCUT2D eigenvalue weighted by molar-refractivity contribution is 5.69. The average molecular weight is 643 g/mol. The van der Waals surface area contributed by atoms with Crippen molar-refractivity contribution in [2.75, 3.05) is 19.8 Å². The minimum absolute atomic E-state index is 0.184. The molecule has 0 aromatic carbocycles. The van der Waals surface area contributed by atoms with Crippen LogP contribution >= 0.6 is 0 Å². The van der Waals surface area contributed by atoms with Crippen molar-refractivity contribution in [2.24, 2.45) is 0 Å². The SMILES string of the molecule is CCCC/C=C\C/C=C\CCCCCCCC(=O)OC(CO)COCCCCCCCCC/C=C\C/C=C\C/C=C\CCCCC. The van der Waals surface area contributed by atoms with E-state index >= 15 is 0 Å². The molecule has 0 aliphatic rings. The Morgan fingerprint density at radius 1 is 0.522 bits per heavy atom. The summed E-state index contributed by atoms with van der Waals surface area (Å²) >= 11 is 0. The number of aliphatic hydroxyl groups excluding tert-OH is 1. The second kappa shape index (κ2) is 39.3. The van der Waals surface area contributed by atoms with Crippen molar-refractivity contribution in [1.82, 2.24) is 0 Å². The molecule has 0 saturated heterocycles. The first-order valence-electron chi connectivity index (χ1n) is 19.4. The van der Waals surface area contributed by atoms with E-state index in [0.29, 0.717) is 13.0 Å². The monoisotopic (exact) mass is 643 g/mol. The van der Waals surface area contributed by atoms with Gasteiger partial charge < -0.3 is 14.6 Å². The predicted octanol–water partition coefficient (Wildman–Crippen LogP) is 12.5. The maximum Gasteiger partial charge on any atom is 0.306 e. The standard InChI is InChI=1S/C42H74O4/c1-3-5-7-9-11-13-15-17-19-20-21-22-23-24-26-28-30-32-34-36-38-45-40-41(39-43)46-42(44)37-35-33-31-29-27-25-18-16-14-12-10-8-6-4-2/h10-13,16-19,21-22,41,43H,3-9,14-15,20,23-40H2,1-2H3/b12-10-,13-11-,18-16-,19-17-,22-21-. The highest BCUT2D eigenvalue weighted by Gasteiger charge is 2.13. The fourth-order valence-corrected chi connectivity index (χ4v) is 5.11. The Balaban J connectivity index is 3.50. The molecule has 0 aliphatic carbocycles. The molecule has 0 radical (unpaired) electrons. The molecule has 1 unspecified atom stereocenters. The molecule has 1 atom stereocenters. The second-order valence-corrected chi connectivity index (χ2v) is 12.6. The fourth-order valence-electron chi connectivity index (χ4n) is 5.11. The lowest BCUT2D eigenvalue weighted by Crippen LogP contribution is -2.27. The van der Waals surface area contributed by atoms with E-state index in [-0.39, 0.29) is 19.2 Å². The number of aliphatic hydroxyl groups is 1. The zero-order chi connectivity index (χ0) is 33.4. The summed E-state index contributed by atoms with van der Waals surface area (Å²) in [7, 11) is 0. The first-order chi connectivity index (χ1) is 22.7. The summed E-state index contributed by atoms with van der Waals surface area (Å²) in [6.45, 7) is 5.23. The Kier molecular flexibility index (Phi) is 37.6. The molecule has 0 aromatic heterocycles. The maximum absolute atomic E-state index is 12.1. The topological polar surface area (TPSA) is 55.8 Å². The first-order valence-corrected chi connectivity index (χ1v) is 19.4. The molecule has 0 fully saturated rings. The lowest BCUT2D eigenvalue weighted by molar-refractivity contribution is -0.154. The normalized spacial score (nSPS) is 13.0. The molecule has 0 heterocycles. The number of ether oxygens (including phenoxy) is 2. The van der Waals surface area contributed by atoms with Gasteiger partial charge in [0.1, 0.15) is 6.10 Å². The average Bonchev–Trinajstić information content (AvgIpc) is 3.06. The van der Waals surface area contributed by atoms with Crippen LogP contribution in [0.2, 0.25) is 0 Å². The van der Waals surface area contributed by atoms with Crippen LogP contribution in [0.1, 0.15) is 174 Å². The zero-order valence-electron chi connectivity index (χ0n) is 30.3. The van der Waals surface area contributed by atoms with Gasteiger partial charge in [0.05, 0.1) is 13.2 Å². The maximum atomic E-state index is 12.1. The van der Waals surface area contributed by atoms with Crippen LogP contribution in [0.5, 0.6) is 0 Å². The van der Waals surface area contributed by atoms with Crippen LogP contribution in [0, 0.1) is 0 Å². The lowest BCUT2D eigenvalue weighted by Gasteiger charge is -2.15. The van der Waals surface area contributed by atoms with E-state index in [0.717, 1.165) is 57.8 Å². The van der Waals surface area contributed by atoms with Gasteiger partial charge in [0.2, 0.25) is 0 Å². The van der Waals surface area contributed by atoms with Crippen molar-refractivity contribution in [3.63, 3.8) is 0 Å². The minimum Gasteiger partial charge on any atom is -0.457 e. The van der Waals surface area contributed by atoms with Crippen LogP contribution in [0.4, 0.5) is 0 Å². The lowest BCUT2D eigenvalue weighted by atomic mass is 10.1. The Morgan fingerprint density at radius 3 is 1.43 bits per heavy atom. The molecule has 0 amide bonds. The summed E-state index contributed by atoms with van der Waals surface area (Å²) in [5.41, 5.74) is 0. The Hall–Kier alpha value is -1.91. The van der Waals surface area contributed by atoms with Gasteiger partial charge in [-0.2, -0.15) is 0 Å². The molecule has 0 rings (SSSR count). The quantitative estimate of drug-likeness (QED) is 0.0424. The molecule has 0 aromatic rings. The van der Waals surface area contributed by atoms with E-state index in [9.17, 15) is 9.90 Å². The number of rotatable bonds is 35. The first kappa shape index (κ1) is 44.1. The van der Waals surface area contributed by atoms with Gasteiger partial charge in [-0.25, -0.2) is 0 Å². The van der Waals surface area contributed by atoms with Crippen molar-refractivity contribution in [2.45, 2.75) is 180 Å². The van der Waals surface area contributed by atoms with Gasteiger partial charge in [0, 0.05) is 13.0 Å².